The minimum Gasteiger partial charge on any atom is -0.322 e. The van der Waals surface area contributed by atoms with Crippen LogP contribution in [0.1, 0.15) is 21.5 Å². The van der Waals surface area contributed by atoms with Crippen molar-refractivity contribution in [3.8, 4) is 0 Å². The van der Waals surface area contributed by atoms with E-state index in [0.717, 1.165) is 20.7 Å². The van der Waals surface area contributed by atoms with Crippen molar-refractivity contribution in [1.82, 2.24) is 4.98 Å². The zero-order valence-corrected chi connectivity index (χ0v) is 18.8. The molecule has 4 rings (SSSR count). The van der Waals surface area contributed by atoms with Crippen LogP contribution in [0, 0.1) is 13.8 Å². The van der Waals surface area contributed by atoms with Crippen LogP contribution in [0.15, 0.2) is 71.6 Å². The lowest BCUT2D eigenvalue weighted by atomic mass is 10.1. The van der Waals surface area contributed by atoms with Crippen molar-refractivity contribution in [3.05, 3.63) is 83.4 Å². The molecule has 0 atom stereocenters. The number of nitrogens with one attached hydrogen (secondary N) is 2. The Morgan fingerprint density at radius 3 is 2.58 bits per heavy atom. The SMILES string of the molecule is Cc1cccc(C(=O)Nc2cccc(SCC(=O)Nc3nc4ccc(C)cc4s3)c2)c1. The highest BCUT2D eigenvalue weighted by Gasteiger charge is 2.10. The number of thiazole rings is 1. The Hall–Kier alpha value is -3.16. The van der Waals surface area contributed by atoms with Gasteiger partial charge in [-0.25, -0.2) is 4.98 Å². The van der Waals surface area contributed by atoms with Crippen LogP contribution in [0.2, 0.25) is 0 Å². The summed E-state index contributed by atoms with van der Waals surface area (Å²) in [4.78, 5) is 30.2. The molecule has 0 aliphatic heterocycles. The molecule has 2 amide bonds. The molecule has 1 aromatic heterocycles. The molecule has 1 heterocycles. The Balaban J connectivity index is 1.35. The van der Waals surface area contributed by atoms with Crippen LogP contribution in [0.4, 0.5) is 10.8 Å². The van der Waals surface area contributed by atoms with E-state index in [4.69, 9.17) is 0 Å². The average molecular weight is 448 g/mol. The van der Waals surface area contributed by atoms with E-state index in [1.807, 2.05) is 68.4 Å². The van der Waals surface area contributed by atoms with Crippen LogP contribution in [0.25, 0.3) is 10.2 Å². The monoisotopic (exact) mass is 447 g/mol. The molecule has 0 saturated heterocycles. The number of carbonyl (C=O) groups excluding carboxylic acids is 2. The molecule has 5 nitrogen and oxygen atoms in total. The predicted octanol–water partition coefficient (Wildman–Crippen LogP) is 5.90. The number of carbonyl (C=O) groups is 2. The Labute approximate surface area is 188 Å². The van der Waals surface area contributed by atoms with E-state index >= 15 is 0 Å². The van der Waals surface area contributed by atoms with Gasteiger partial charge in [0.2, 0.25) is 5.91 Å². The van der Waals surface area contributed by atoms with Crippen LogP contribution in [0.3, 0.4) is 0 Å². The van der Waals surface area contributed by atoms with Crippen LogP contribution in [0.5, 0.6) is 0 Å². The molecule has 2 N–H and O–H groups in total. The average Bonchev–Trinajstić information content (AvgIpc) is 3.13. The Kier molecular flexibility index (Phi) is 6.34. The Bertz CT molecular complexity index is 1270. The fourth-order valence-electron chi connectivity index (χ4n) is 3.04. The summed E-state index contributed by atoms with van der Waals surface area (Å²) in [6, 6.07) is 21.0. The summed E-state index contributed by atoms with van der Waals surface area (Å²) in [6.45, 7) is 3.99. The van der Waals surface area contributed by atoms with Crippen molar-refractivity contribution in [3.63, 3.8) is 0 Å². The zero-order valence-electron chi connectivity index (χ0n) is 17.1. The first-order valence-corrected chi connectivity index (χ1v) is 11.5. The maximum absolute atomic E-state index is 12.5. The van der Waals surface area contributed by atoms with Gasteiger partial charge in [-0.2, -0.15) is 0 Å². The van der Waals surface area contributed by atoms with Gasteiger partial charge in [-0.3, -0.25) is 9.59 Å². The second-order valence-corrected chi connectivity index (χ2v) is 9.26. The number of hydrogen-bond donors (Lipinski definition) is 2. The maximum Gasteiger partial charge on any atom is 0.255 e. The summed E-state index contributed by atoms with van der Waals surface area (Å²) in [7, 11) is 0. The van der Waals surface area contributed by atoms with Gasteiger partial charge in [-0.15, -0.1) is 11.8 Å². The van der Waals surface area contributed by atoms with Gasteiger partial charge in [0.15, 0.2) is 5.13 Å². The number of amides is 2. The number of thioether (sulfide) groups is 1. The van der Waals surface area contributed by atoms with Gasteiger partial charge in [0.05, 0.1) is 16.0 Å². The van der Waals surface area contributed by atoms with Crippen molar-refractivity contribution in [2.24, 2.45) is 0 Å². The minimum atomic E-state index is -0.158. The molecule has 0 aliphatic rings. The maximum atomic E-state index is 12.5. The Morgan fingerprint density at radius 2 is 1.74 bits per heavy atom. The molecular weight excluding hydrogens is 426 g/mol. The molecule has 3 aromatic carbocycles. The third-order valence-corrected chi connectivity index (χ3v) is 6.46. The number of benzene rings is 3. The van der Waals surface area contributed by atoms with Crippen molar-refractivity contribution in [1.29, 1.82) is 0 Å². The smallest absolute Gasteiger partial charge is 0.255 e. The first-order chi connectivity index (χ1) is 15.0. The second-order valence-electron chi connectivity index (χ2n) is 7.18. The minimum absolute atomic E-state index is 0.116. The lowest BCUT2D eigenvalue weighted by Gasteiger charge is -2.08. The van der Waals surface area contributed by atoms with Crippen LogP contribution in [-0.2, 0) is 4.79 Å². The van der Waals surface area contributed by atoms with E-state index in [2.05, 4.69) is 21.7 Å². The van der Waals surface area contributed by atoms with Crippen LogP contribution < -0.4 is 10.6 Å². The van der Waals surface area contributed by atoms with Crippen molar-refractivity contribution >= 4 is 55.9 Å². The summed E-state index contributed by atoms with van der Waals surface area (Å²) < 4.78 is 1.06. The summed E-state index contributed by atoms with van der Waals surface area (Å²) in [5.74, 6) is -0.0193. The number of aromatic nitrogens is 1. The van der Waals surface area contributed by atoms with E-state index < -0.39 is 0 Å². The molecule has 31 heavy (non-hydrogen) atoms. The number of aryl methyl sites for hydroxylation is 2. The third kappa shape index (κ3) is 5.51. The van der Waals surface area contributed by atoms with Crippen LogP contribution in [-0.4, -0.2) is 22.6 Å². The molecule has 0 unspecified atom stereocenters. The van der Waals surface area contributed by atoms with Gasteiger partial charge < -0.3 is 10.6 Å². The molecule has 0 bridgehead atoms. The molecule has 4 aromatic rings. The van der Waals surface area contributed by atoms with Crippen molar-refractivity contribution in [2.45, 2.75) is 18.7 Å². The highest BCUT2D eigenvalue weighted by molar-refractivity contribution is 8.00. The van der Waals surface area contributed by atoms with E-state index in [1.54, 1.807) is 6.07 Å². The molecule has 0 saturated carbocycles. The highest BCUT2D eigenvalue weighted by atomic mass is 32.2. The number of anilines is 2. The molecular formula is C24H21N3O2S2. The van der Waals surface area contributed by atoms with E-state index in [-0.39, 0.29) is 17.6 Å². The third-order valence-electron chi connectivity index (χ3n) is 4.53. The number of rotatable bonds is 6. The lowest BCUT2D eigenvalue weighted by molar-refractivity contribution is -0.113. The van der Waals surface area contributed by atoms with Crippen molar-refractivity contribution in [2.75, 3.05) is 16.4 Å². The van der Waals surface area contributed by atoms with E-state index in [9.17, 15) is 9.59 Å². The fourth-order valence-corrected chi connectivity index (χ4v) is 4.78. The second kappa shape index (κ2) is 9.32. The summed E-state index contributed by atoms with van der Waals surface area (Å²) >= 11 is 2.88. The molecule has 7 heteroatoms. The summed E-state index contributed by atoms with van der Waals surface area (Å²) in [5.41, 5.74) is 4.39. The molecule has 0 aliphatic carbocycles. The van der Waals surface area contributed by atoms with Crippen LogP contribution >= 0.6 is 23.1 Å². The molecule has 156 valence electrons. The molecule has 0 fully saturated rings. The molecule has 0 radical (unpaired) electrons. The topological polar surface area (TPSA) is 71.1 Å². The van der Waals surface area contributed by atoms with Gasteiger partial charge in [0.1, 0.15) is 0 Å². The van der Waals surface area contributed by atoms with Gasteiger partial charge in [-0.05, 0) is 61.9 Å². The number of hydrogen-bond acceptors (Lipinski definition) is 5. The first-order valence-electron chi connectivity index (χ1n) is 9.74. The standard InChI is InChI=1S/C24H21N3O2S2/c1-15-5-3-6-17(11-15)23(29)25-18-7-4-8-19(13-18)30-14-22(28)27-24-26-20-10-9-16(2)12-21(20)31-24/h3-13H,14H2,1-2H3,(H,25,29)(H,26,27,28). The van der Waals surface area contributed by atoms with Crippen molar-refractivity contribution < 1.29 is 9.59 Å². The van der Waals surface area contributed by atoms with E-state index in [0.29, 0.717) is 16.4 Å². The van der Waals surface area contributed by atoms with E-state index in [1.165, 1.54) is 28.7 Å². The van der Waals surface area contributed by atoms with Gasteiger partial charge in [0.25, 0.3) is 5.91 Å². The number of fused-ring (bicyclic) bond motifs is 1. The molecule has 0 spiro atoms. The summed E-state index contributed by atoms with van der Waals surface area (Å²) in [5, 5.41) is 6.39. The largest absolute Gasteiger partial charge is 0.322 e. The van der Waals surface area contributed by atoms with Gasteiger partial charge in [0, 0.05) is 16.1 Å². The zero-order chi connectivity index (χ0) is 21.8. The normalized spacial score (nSPS) is 10.8. The summed E-state index contributed by atoms with van der Waals surface area (Å²) in [6.07, 6.45) is 0. The van der Waals surface area contributed by atoms with Gasteiger partial charge >= 0.3 is 0 Å². The quantitative estimate of drug-likeness (QED) is 0.361. The van der Waals surface area contributed by atoms with Gasteiger partial charge in [-0.1, -0.05) is 41.2 Å². The predicted molar refractivity (Wildman–Crippen MR) is 129 cm³/mol. The highest BCUT2D eigenvalue weighted by Crippen LogP contribution is 2.27. The first kappa shape index (κ1) is 21.1. The lowest BCUT2D eigenvalue weighted by Crippen LogP contribution is -2.14. The Morgan fingerprint density at radius 1 is 0.935 bits per heavy atom. The fraction of sp³-hybridized carbons (Fsp3) is 0.125. The number of nitrogens with zero attached hydrogens (tertiary/aromatic N) is 1.